The fraction of sp³-hybridized carbons (Fsp3) is 0.812. The van der Waals surface area contributed by atoms with E-state index in [9.17, 15) is 43.2 Å². The van der Waals surface area contributed by atoms with Crippen LogP contribution in [-0.2, 0) is 68.5 Å². The number of carbonyl (C=O) groups is 9. The van der Waals surface area contributed by atoms with Crippen LogP contribution in [-0.4, -0.2) is 145 Å². The van der Waals surface area contributed by atoms with Crippen molar-refractivity contribution in [1.29, 1.82) is 0 Å². The van der Waals surface area contributed by atoms with Gasteiger partial charge in [0.25, 0.3) is 0 Å². The molecule has 0 saturated heterocycles. The molecule has 1 aromatic rings. The first-order valence-electron chi connectivity index (χ1n) is 32.2. The molecule has 20 nitrogen and oxygen atoms in total. The summed E-state index contributed by atoms with van der Waals surface area (Å²) in [5.41, 5.74) is 0.927. The summed E-state index contributed by atoms with van der Waals surface area (Å²) in [6, 6.07) is -0.847. The van der Waals surface area contributed by atoms with Crippen molar-refractivity contribution in [2.75, 3.05) is 65.9 Å². The molecule has 1 aliphatic rings. The number of aromatic amines is 1. The predicted molar refractivity (Wildman–Crippen MR) is 323 cm³/mol. The number of nitrogens with one attached hydrogen (secondary N) is 4. The molecule has 0 radical (unpaired) electrons. The minimum atomic E-state index is -1.01. The van der Waals surface area contributed by atoms with Crippen molar-refractivity contribution in [1.82, 2.24) is 25.9 Å². The third-order valence-electron chi connectivity index (χ3n) is 15.3. The van der Waals surface area contributed by atoms with Gasteiger partial charge in [-0.25, -0.2) is 4.98 Å². The number of H-pyrrole nitrogens is 1. The van der Waals surface area contributed by atoms with Gasteiger partial charge in [0.2, 0.25) is 17.7 Å². The largest absolute Gasteiger partial charge is 0.481 e. The number of aromatic nitrogens is 2. The molecule has 2 rings (SSSR count). The maximum absolute atomic E-state index is 12.3. The van der Waals surface area contributed by atoms with Gasteiger partial charge in [-0.2, -0.15) is 0 Å². The predicted octanol–water partition coefficient (Wildman–Crippen LogP) is 10.4. The summed E-state index contributed by atoms with van der Waals surface area (Å²) >= 11 is 0. The normalized spacial score (nSPS) is 14.6. The number of unbranched alkanes of at least 4 members (excludes halogenated alkanes) is 16. The zero-order chi connectivity index (χ0) is 61.7. The molecule has 1 heterocycles. The number of aliphatic carboxylic acids is 2. The van der Waals surface area contributed by atoms with E-state index in [4.69, 9.17) is 29.2 Å². The van der Waals surface area contributed by atoms with E-state index in [1.54, 1.807) is 19.4 Å². The fourth-order valence-electron chi connectivity index (χ4n) is 10.0. The number of carboxylic acid groups (broad SMARTS) is 2. The van der Waals surface area contributed by atoms with Gasteiger partial charge in [0.15, 0.2) is 0 Å². The molecule has 1 saturated carbocycles. The van der Waals surface area contributed by atoms with E-state index in [0.29, 0.717) is 128 Å². The lowest BCUT2D eigenvalue weighted by Crippen LogP contribution is -2.42. The van der Waals surface area contributed by atoms with Crippen molar-refractivity contribution in [2.24, 2.45) is 17.8 Å². The summed E-state index contributed by atoms with van der Waals surface area (Å²) in [5.74, 6) is -1.16. The summed E-state index contributed by atoms with van der Waals surface area (Å²) in [4.78, 5) is 112. The van der Waals surface area contributed by atoms with Crippen LogP contribution in [0.5, 0.6) is 0 Å². The number of amides is 3. The van der Waals surface area contributed by atoms with E-state index in [0.717, 1.165) is 82.7 Å². The summed E-state index contributed by atoms with van der Waals surface area (Å²) in [6.45, 7) is 7.74. The Morgan fingerprint density at radius 1 is 0.560 bits per heavy atom. The minimum absolute atomic E-state index is 0.0667. The van der Waals surface area contributed by atoms with Gasteiger partial charge in [-0.3, -0.25) is 43.2 Å². The van der Waals surface area contributed by atoms with Gasteiger partial charge in [0, 0.05) is 88.4 Å². The highest BCUT2D eigenvalue weighted by Gasteiger charge is 2.28. The number of aryl methyl sites for hydroxylation is 1. The average Bonchev–Trinajstić information content (AvgIpc) is 4.09. The molecular formula is C64H111N5O15. The number of rotatable bonds is 56. The molecule has 20 heteroatoms. The molecule has 1 aliphatic carbocycles. The van der Waals surface area contributed by atoms with Crippen LogP contribution in [0.3, 0.4) is 0 Å². The molecule has 3 amide bonds. The summed E-state index contributed by atoms with van der Waals surface area (Å²) < 4.78 is 21.4. The van der Waals surface area contributed by atoms with Crippen LogP contribution in [0.1, 0.15) is 245 Å². The zero-order valence-corrected chi connectivity index (χ0v) is 51.9. The Kier molecular flexibility index (Phi) is 49.1. The second kappa shape index (κ2) is 53.5. The number of carbonyl (C=O) groups excluding carboxylic acids is 7. The Hall–Kier alpha value is -4.92. The number of nitrogens with zero attached hydrogens (tertiary/aromatic N) is 1. The molecule has 0 aromatic carbocycles. The Labute approximate surface area is 502 Å². The van der Waals surface area contributed by atoms with Crippen molar-refractivity contribution in [3.05, 3.63) is 18.2 Å². The highest BCUT2D eigenvalue weighted by molar-refractivity contribution is 5.85. The van der Waals surface area contributed by atoms with Crippen molar-refractivity contribution >= 4 is 52.8 Å². The van der Waals surface area contributed by atoms with E-state index in [2.05, 4.69) is 25.9 Å². The Bertz CT molecular complexity index is 1910. The molecule has 84 heavy (non-hydrogen) atoms. The maximum Gasteiger partial charge on any atom is 0.325 e. The third kappa shape index (κ3) is 47.3. The molecule has 482 valence electrons. The van der Waals surface area contributed by atoms with Crippen LogP contribution < -0.4 is 16.0 Å². The summed E-state index contributed by atoms with van der Waals surface area (Å²) in [7, 11) is 0. The highest BCUT2D eigenvalue weighted by Crippen LogP contribution is 2.32. The van der Waals surface area contributed by atoms with Gasteiger partial charge in [0.05, 0.1) is 39.4 Å². The Balaban J connectivity index is 0.000000849. The van der Waals surface area contributed by atoms with Crippen LogP contribution in [0.25, 0.3) is 0 Å². The summed E-state index contributed by atoms with van der Waals surface area (Å²) in [5, 5.41) is 25.6. The first-order chi connectivity index (χ1) is 40.6. The lowest BCUT2D eigenvalue weighted by Gasteiger charge is -2.28. The van der Waals surface area contributed by atoms with Crippen LogP contribution in [0, 0.1) is 17.8 Å². The lowest BCUT2D eigenvalue weighted by atomic mass is 9.79. The monoisotopic (exact) mass is 1190 g/mol. The van der Waals surface area contributed by atoms with Crippen LogP contribution in [0.4, 0.5) is 0 Å². The van der Waals surface area contributed by atoms with Gasteiger partial charge in [-0.15, -0.1) is 0 Å². The average molecular weight is 1190 g/mol. The van der Waals surface area contributed by atoms with E-state index in [1.807, 2.05) is 6.92 Å². The van der Waals surface area contributed by atoms with Gasteiger partial charge in [0.1, 0.15) is 42.4 Å². The van der Waals surface area contributed by atoms with Gasteiger partial charge >= 0.3 is 11.9 Å². The Morgan fingerprint density at radius 3 is 1.61 bits per heavy atom. The first kappa shape index (κ1) is 77.1. The standard InChI is InChI=1S/C32H54N4O9.C32H57NO6/c1-3-7-29(38)9-6-16-42-18-20-44-24-32(41)35-15-17-43-19-21-45-23-31(40)34-14-5-4-8-27(26(2)37)10-12-30(39)13-11-28-22-33-25-36-28;1-26(32(38)39)33-31(37)28-23-20-27(21-24-28)22-25-29(34)18-16-14-12-10-8-6-4-2-3-5-7-9-11-13-15-17-19-30(35)36/h22,25,27H,3-21,23-24H2,1-2H3,(H,33,36)(H,34,40)(H,35,41);26-28H,2-25H2,1H3,(H,33,37)(H,35,36)(H,38,39)/t27-;26-,27?,28?/m11/s1. The molecule has 0 spiro atoms. The molecule has 6 N–H and O–H groups in total. The summed E-state index contributed by atoms with van der Waals surface area (Å²) in [6.07, 6.45) is 35.8. The van der Waals surface area contributed by atoms with Crippen LogP contribution in [0.2, 0.25) is 0 Å². The van der Waals surface area contributed by atoms with E-state index >= 15 is 0 Å². The SMILES string of the molecule is CCCC(=O)CCCOCCOCC(=O)NCCOCCOCC(=O)NCCCC[C@H](CCC(=O)CCc1cnc[nH]1)C(C)=O.C[C@@H](NC(=O)C1CCC(CCC(=O)CCCCCCCCCCCCCCCCCCC(=O)O)CC1)C(=O)O. The molecule has 0 bridgehead atoms. The molecule has 2 atom stereocenters. The number of Topliss-reactive ketones (excluding diaryl/α,β-unsaturated/α-hetero) is 4. The fourth-order valence-corrected chi connectivity index (χ4v) is 10.0. The van der Waals surface area contributed by atoms with E-state index < -0.39 is 18.0 Å². The second-order valence-corrected chi connectivity index (χ2v) is 22.8. The van der Waals surface area contributed by atoms with Crippen molar-refractivity contribution in [2.45, 2.75) is 252 Å². The third-order valence-corrected chi connectivity index (χ3v) is 15.3. The smallest absolute Gasteiger partial charge is 0.325 e. The van der Waals surface area contributed by atoms with Crippen molar-refractivity contribution in [3.8, 4) is 0 Å². The van der Waals surface area contributed by atoms with Crippen molar-refractivity contribution < 1.29 is 72.3 Å². The highest BCUT2D eigenvalue weighted by atomic mass is 16.5. The quantitative estimate of drug-likeness (QED) is 0.0331. The number of carboxylic acids is 2. The number of hydrogen-bond acceptors (Lipinski definition) is 14. The van der Waals surface area contributed by atoms with Crippen LogP contribution >= 0.6 is 0 Å². The van der Waals surface area contributed by atoms with E-state index in [1.165, 1.54) is 84.0 Å². The van der Waals surface area contributed by atoms with Crippen molar-refractivity contribution in [3.63, 3.8) is 0 Å². The number of hydrogen-bond donors (Lipinski definition) is 6. The molecule has 0 aliphatic heterocycles. The molecular weight excluding hydrogens is 1080 g/mol. The number of ether oxygens (including phenoxy) is 4. The van der Waals surface area contributed by atoms with Crippen LogP contribution in [0.15, 0.2) is 12.5 Å². The maximum atomic E-state index is 12.3. The van der Waals surface area contributed by atoms with E-state index in [-0.39, 0.29) is 66.7 Å². The van der Waals surface area contributed by atoms with Gasteiger partial charge in [-0.1, -0.05) is 103 Å². The zero-order valence-electron chi connectivity index (χ0n) is 51.9. The minimum Gasteiger partial charge on any atom is -0.481 e. The second-order valence-electron chi connectivity index (χ2n) is 22.8. The number of ketones is 4. The molecule has 0 unspecified atom stereocenters. The first-order valence-corrected chi connectivity index (χ1v) is 32.2. The lowest BCUT2D eigenvalue weighted by molar-refractivity contribution is -0.142. The topological polar surface area (TPSA) is 296 Å². The molecule has 1 aromatic heterocycles. The van der Waals surface area contributed by atoms with Gasteiger partial charge in [-0.05, 0) is 103 Å². The Morgan fingerprint density at radius 2 is 1.07 bits per heavy atom. The molecule has 1 fully saturated rings. The van der Waals surface area contributed by atoms with Gasteiger partial charge < -0.3 is 50.1 Å². The number of imidazole rings is 1.